The van der Waals surface area contributed by atoms with E-state index in [1.807, 2.05) is 0 Å². The minimum atomic E-state index is -3.99. The first-order valence-electron chi connectivity index (χ1n) is 2.48. The van der Waals surface area contributed by atoms with Gasteiger partial charge in [-0.15, -0.1) is 0 Å². The molecule has 0 unspecified atom stereocenters. The maximum absolute atomic E-state index is 10.4. The summed E-state index contributed by atoms with van der Waals surface area (Å²) in [6.45, 7) is 0. The fraction of sp³-hybridized carbons (Fsp3) is 0.667. The highest BCUT2D eigenvalue weighted by Gasteiger charge is 2.21. The van der Waals surface area contributed by atoms with Gasteiger partial charge in [0.2, 0.25) is 0 Å². The maximum atomic E-state index is 10.4. The Kier molecular flexibility index (Phi) is 3.39. The molecule has 0 spiro atoms. The van der Waals surface area contributed by atoms with Crippen LogP contribution in [0.25, 0.3) is 0 Å². The van der Waals surface area contributed by atoms with Crippen LogP contribution >= 0.6 is 0 Å². The van der Waals surface area contributed by atoms with Crippen LogP contribution in [0.2, 0.25) is 0 Å². The van der Waals surface area contributed by atoms with Crippen molar-refractivity contribution in [3.63, 3.8) is 0 Å². The molecule has 0 fully saturated rings. The zero-order valence-electron chi connectivity index (χ0n) is 5.43. The molecule has 1 atom stereocenters. The van der Waals surface area contributed by atoms with E-state index >= 15 is 0 Å². The zero-order chi connectivity index (χ0) is 9.07. The van der Waals surface area contributed by atoms with Gasteiger partial charge in [0.25, 0.3) is 10.1 Å². The van der Waals surface area contributed by atoms with E-state index in [9.17, 15) is 13.2 Å². The second kappa shape index (κ2) is 3.62. The lowest BCUT2D eigenvalue weighted by Crippen LogP contribution is -2.38. The Morgan fingerprint density at radius 1 is 1.64 bits per heavy atom. The summed E-state index contributed by atoms with van der Waals surface area (Å²) < 4.78 is 24.3. The van der Waals surface area contributed by atoms with E-state index < -0.39 is 27.9 Å². The Hall–Kier alpha value is -0.700. The lowest BCUT2D eigenvalue weighted by atomic mass is 10.4. The van der Waals surface area contributed by atoms with Crippen LogP contribution in [0.4, 0.5) is 0 Å². The molecule has 0 aliphatic rings. The Labute approximate surface area is 63.0 Å². The van der Waals surface area contributed by atoms with Crippen LogP contribution in [0.1, 0.15) is 0 Å². The average Bonchev–Trinajstić information content (AvgIpc) is 1.87. The summed E-state index contributed by atoms with van der Waals surface area (Å²) in [5, 5.41) is 8.16. The van der Waals surface area contributed by atoms with Crippen molar-refractivity contribution in [3.05, 3.63) is 0 Å². The number of nitrogens with two attached hydrogens (primary N) is 2. The molecule has 5 N–H and O–H groups in total. The van der Waals surface area contributed by atoms with E-state index in [-0.39, 0.29) is 0 Å². The van der Waals surface area contributed by atoms with E-state index in [2.05, 4.69) is 10.2 Å². The van der Waals surface area contributed by atoms with Crippen molar-refractivity contribution in [2.45, 2.75) is 6.04 Å². The summed E-state index contributed by atoms with van der Waals surface area (Å²) in [7, 11) is -3.99. The number of carboxylic acids is 1. The summed E-state index contributed by atoms with van der Waals surface area (Å²) in [5.41, 5.74) is 4.86. The van der Waals surface area contributed by atoms with E-state index in [1.165, 1.54) is 0 Å². The van der Waals surface area contributed by atoms with Crippen molar-refractivity contribution in [1.29, 1.82) is 0 Å². The Morgan fingerprint density at radius 3 is 2.36 bits per heavy atom. The first kappa shape index (κ1) is 10.3. The lowest BCUT2D eigenvalue weighted by Gasteiger charge is -2.03. The quantitative estimate of drug-likeness (QED) is 0.415. The summed E-state index contributed by atoms with van der Waals surface area (Å²) in [4.78, 5) is 10.0. The number of hydrogen-bond acceptors (Lipinski definition) is 6. The topological polar surface area (TPSA) is 133 Å². The standard InChI is InChI=1S/C3H8N2O5S/c4-2(3(6)7)1-11(8,9)10-5/h2H,1,4-5H2,(H,6,7)/t2-/m0/s1. The van der Waals surface area contributed by atoms with Crippen LogP contribution in [-0.2, 0) is 19.2 Å². The first-order chi connectivity index (χ1) is 4.89. The normalized spacial score (nSPS) is 14.4. The van der Waals surface area contributed by atoms with E-state index in [4.69, 9.17) is 10.8 Å². The van der Waals surface area contributed by atoms with Crippen LogP contribution in [0.15, 0.2) is 0 Å². The molecule has 0 aromatic carbocycles. The molecule has 66 valence electrons. The minimum absolute atomic E-state index is 0.834. The monoisotopic (exact) mass is 184 g/mol. The number of rotatable bonds is 4. The first-order valence-corrected chi connectivity index (χ1v) is 4.06. The highest BCUT2D eigenvalue weighted by molar-refractivity contribution is 7.86. The molecule has 0 aliphatic carbocycles. The van der Waals surface area contributed by atoms with Gasteiger partial charge in [-0.1, -0.05) is 0 Å². The van der Waals surface area contributed by atoms with Crippen LogP contribution in [-0.4, -0.2) is 31.3 Å². The molecular formula is C3H8N2O5S. The van der Waals surface area contributed by atoms with E-state index in [0.29, 0.717) is 0 Å². The lowest BCUT2D eigenvalue weighted by molar-refractivity contribution is -0.138. The molecule has 0 aliphatic heterocycles. The van der Waals surface area contributed by atoms with Crippen LogP contribution in [0, 0.1) is 0 Å². The molecule has 0 radical (unpaired) electrons. The second-order valence-electron chi connectivity index (χ2n) is 1.77. The number of carbonyl (C=O) groups is 1. The van der Waals surface area contributed by atoms with Gasteiger partial charge in [0.05, 0.1) is 0 Å². The highest BCUT2D eigenvalue weighted by atomic mass is 32.2. The van der Waals surface area contributed by atoms with Gasteiger partial charge in [-0.05, 0) is 0 Å². The smallest absolute Gasteiger partial charge is 0.321 e. The third-order valence-electron chi connectivity index (χ3n) is 0.847. The van der Waals surface area contributed by atoms with Gasteiger partial charge in [0.1, 0.15) is 11.8 Å². The van der Waals surface area contributed by atoms with Crippen molar-refractivity contribution in [2.24, 2.45) is 11.6 Å². The van der Waals surface area contributed by atoms with Gasteiger partial charge >= 0.3 is 5.97 Å². The van der Waals surface area contributed by atoms with Crippen LogP contribution in [0.5, 0.6) is 0 Å². The molecule has 8 heteroatoms. The predicted molar refractivity (Wildman–Crippen MR) is 34.7 cm³/mol. The molecule has 0 aromatic rings. The third-order valence-corrected chi connectivity index (χ3v) is 1.91. The SMILES string of the molecule is NOS(=O)(=O)C[C@H](N)C(=O)O. The fourth-order valence-corrected chi connectivity index (χ4v) is 0.991. The Morgan fingerprint density at radius 2 is 2.09 bits per heavy atom. The van der Waals surface area contributed by atoms with Gasteiger partial charge < -0.3 is 10.8 Å². The Balaban J connectivity index is 4.16. The molecule has 0 rings (SSSR count). The largest absolute Gasteiger partial charge is 0.480 e. The predicted octanol–water partition coefficient (Wildman–Crippen LogP) is -2.38. The van der Waals surface area contributed by atoms with Crippen LogP contribution < -0.4 is 11.6 Å². The summed E-state index contributed by atoms with van der Waals surface area (Å²) >= 11 is 0. The summed E-state index contributed by atoms with van der Waals surface area (Å²) in [6.07, 6.45) is 0. The van der Waals surface area contributed by atoms with E-state index in [1.54, 1.807) is 0 Å². The molecule has 0 amide bonds. The van der Waals surface area contributed by atoms with Gasteiger partial charge in [-0.3, -0.25) is 4.79 Å². The molecule has 0 saturated carbocycles. The second-order valence-corrected chi connectivity index (χ2v) is 3.41. The van der Waals surface area contributed by atoms with Crippen molar-refractivity contribution in [3.8, 4) is 0 Å². The molecule has 0 aromatic heterocycles. The van der Waals surface area contributed by atoms with Gasteiger partial charge in [-0.2, -0.15) is 18.6 Å². The average molecular weight is 184 g/mol. The molecule has 0 saturated heterocycles. The number of aliphatic carboxylic acids is 1. The number of hydrogen-bond donors (Lipinski definition) is 3. The van der Waals surface area contributed by atoms with Crippen molar-refractivity contribution >= 4 is 16.1 Å². The highest BCUT2D eigenvalue weighted by Crippen LogP contribution is 1.91. The maximum Gasteiger partial charge on any atom is 0.321 e. The van der Waals surface area contributed by atoms with Crippen LogP contribution in [0.3, 0.4) is 0 Å². The minimum Gasteiger partial charge on any atom is -0.480 e. The van der Waals surface area contributed by atoms with Crippen molar-refractivity contribution < 1.29 is 22.6 Å². The van der Waals surface area contributed by atoms with Crippen molar-refractivity contribution in [2.75, 3.05) is 5.75 Å². The number of carboxylic acid groups (broad SMARTS) is 1. The summed E-state index contributed by atoms with van der Waals surface area (Å²) in [5.74, 6) is 2.06. The van der Waals surface area contributed by atoms with Gasteiger partial charge in [0, 0.05) is 0 Å². The molecule has 7 nitrogen and oxygen atoms in total. The Bertz CT molecular complexity index is 234. The molecule has 0 bridgehead atoms. The van der Waals surface area contributed by atoms with Gasteiger partial charge in [-0.25, -0.2) is 0 Å². The molecular weight excluding hydrogens is 176 g/mol. The van der Waals surface area contributed by atoms with E-state index in [0.717, 1.165) is 0 Å². The third kappa shape index (κ3) is 3.88. The molecule has 11 heavy (non-hydrogen) atoms. The molecule has 0 heterocycles. The summed E-state index contributed by atoms with van der Waals surface area (Å²) in [6, 6.07) is -1.51. The fourth-order valence-electron chi connectivity index (χ4n) is 0.330. The zero-order valence-corrected chi connectivity index (χ0v) is 6.24. The van der Waals surface area contributed by atoms with Gasteiger partial charge in [0.15, 0.2) is 0 Å². The van der Waals surface area contributed by atoms with Crippen molar-refractivity contribution in [1.82, 2.24) is 0 Å².